The van der Waals surface area contributed by atoms with Crippen molar-refractivity contribution in [2.75, 3.05) is 11.9 Å². The number of anilines is 1. The Kier molecular flexibility index (Phi) is 5.17. The summed E-state index contributed by atoms with van der Waals surface area (Å²) in [5.74, 6) is -0.132. The van der Waals surface area contributed by atoms with Crippen molar-refractivity contribution in [2.45, 2.75) is 26.8 Å². The van der Waals surface area contributed by atoms with E-state index in [1.807, 2.05) is 13.8 Å². The molecule has 0 fully saturated rings. The molecule has 1 rings (SSSR count). The van der Waals surface area contributed by atoms with Crippen LogP contribution in [0.25, 0.3) is 0 Å². The molecule has 1 aromatic rings. The minimum absolute atomic E-state index is 0.0924. The number of rotatable bonds is 4. The molecule has 0 radical (unpaired) electrons. The molecule has 5 nitrogen and oxygen atoms in total. The van der Waals surface area contributed by atoms with Gasteiger partial charge in [-0.1, -0.05) is 0 Å². The zero-order valence-electron chi connectivity index (χ0n) is 10.8. The lowest BCUT2D eigenvalue weighted by Crippen LogP contribution is -2.30. The molecule has 0 atom stereocenters. The summed E-state index contributed by atoms with van der Waals surface area (Å²) in [6.45, 7) is 5.85. The summed E-state index contributed by atoms with van der Waals surface area (Å²) in [4.78, 5) is 22.8. The molecule has 0 spiro atoms. The highest BCUT2D eigenvalue weighted by molar-refractivity contribution is 5.95. The molecule has 0 bridgehead atoms. The second kappa shape index (κ2) is 6.64. The van der Waals surface area contributed by atoms with E-state index >= 15 is 0 Å². The van der Waals surface area contributed by atoms with E-state index in [0.29, 0.717) is 17.9 Å². The van der Waals surface area contributed by atoms with Crippen molar-refractivity contribution in [2.24, 2.45) is 0 Å². The van der Waals surface area contributed by atoms with Gasteiger partial charge in [-0.15, -0.1) is 0 Å². The fourth-order valence-electron chi connectivity index (χ4n) is 1.34. The number of ether oxygens (including phenoxy) is 1. The summed E-state index contributed by atoms with van der Waals surface area (Å²) < 4.78 is 4.75. The minimum atomic E-state index is -0.503. The Morgan fingerprint density at radius 2 is 1.83 bits per heavy atom. The van der Waals surface area contributed by atoms with E-state index in [0.717, 1.165) is 0 Å². The number of nitrogens with one attached hydrogen (secondary N) is 2. The van der Waals surface area contributed by atoms with E-state index in [4.69, 9.17) is 4.74 Å². The quantitative estimate of drug-likeness (QED) is 0.862. The first-order valence-corrected chi connectivity index (χ1v) is 5.87. The SMILES string of the molecule is CCOC(=O)Nc1ccc(C(=O)NC(C)C)cc1. The molecule has 0 heterocycles. The van der Waals surface area contributed by atoms with Crippen molar-refractivity contribution < 1.29 is 14.3 Å². The molecule has 0 unspecified atom stereocenters. The molecule has 5 heteroatoms. The summed E-state index contributed by atoms with van der Waals surface area (Å²) in [7, 11) is 0. The Hall–Kier alpha value is -2.04. The Balaban J connectivity index is 2.62. The van der Waals surface area contributed by atoms with Crippen LogP contribution in [0.15, 0.2) is 24.3 Å². The number of benzene rings is 1. The van der Waals surface area contributed by atoms with Crippen LogP contribution < -0.4 is 10.6 Å². The average molecular weight is 250 g/mol. The first kappa shape index (κ1) is 14.0. The second-order valence-electron chi connectivity index (χ2n) is 4.05. The lowest BCUT2D eigenvalue weighted by atomic mass is 10.2. The first-order valence-electron chi connectivity index (χ1n) is 5.87. The van der Waals surface area contributed by atoms with E-state index in [1.54, 1.807) is 31.2 Å². The van der Waals surface area contributed by atoms with Crippen molar-refractivity contribution in [3.63, 3.8) is 0 Å². The Morgan fingerprint density at radius 1 is 1.22 bits per heavy atom. The topological polar surface area (TPSA) is 67.4 Å². The van der Waals surface area contributed by atoms with Crippen molar-refractivity contribution in [1.29, 1.82) is 0 Å². The van der Waals surface area contributed by atoms with Crippen molar-refractivity contribution >= 4 is 17.7 Å². The highest BCUT2D eigenvalue weighted by Gasteiger charge is 2.07. The average Bonchev–Trinajstić information content (AvgIpc) is 2.29. The van der Waals surface area contributed by atoms with Crippen LogP contribution in [-0.4, -0.2) is 24.6 Å². The van der Waals surface area contributed by atoms with Gasteiger partial charge in [0.05, 0.1) is 6.61 Å². The van der Waals surface area contributed by atoms with Gasteiger partial charge in [-0.3, -0.25) is 10.1 Å². The third kappa shape index (κ3) is 4.45. The first-order chi connectivity index (χ1) is 8.52. The van der Waals surface area contributed by atoms with Gasteiger partial charge in [0, 0.05) is 17.3 Å². The molecular formula is C13H18N2O3. The second-order valence-corrected chi connectivity index (χ2v) is 4.05. The maximum Gasteiger partial charge on any atom is 0.411 e. The van der Waals surface area contributed by atoms with Crippen LogP contribution in [0.2, 0.25) is 0 Å². The van der Waals surface area contributed by atoms with Gasteiger partial charge in [0.25, 0.3) is 5.91 Å². The number of carbonyl (C=O) groups excluding carboxylic acids is 2. The van der Waals surface area contributed by atoms with Crippen molar-refractivity contribution in [3.05, 3.63) is 29.8 Å². The number of hydrogen-bond donors (Lipinski definition) is 2. The van der Waals surface area contributed by atoms with Gasteiger partial charge in [-0.25, -0.2) is 4.79 Å². The summed E-state index contributed by atoms with van der Waals surface area (Å²) in [6, 6.07) is 6.71. The Bertz CT molecular complexity index is 413. The van der Waals surface area contributed by atoms with E-state index in [-0.39, 0.29) is 11.9 Å². The summed E-state index contributed by atoms with van der Waals surface area (Å²) in [5.41, 5.74) is 1.15. The smallest absolute Gasteiger partial charge is 0.411 e. The number of carbonyl (C=O) groups is 2. The van der Waals surface area contributed by atoms with Crippen LogP contribution in [0.5, 0.6) is 0 Å². The van der Waals surface area contributed by atoms with E-state index in [1.165, 1.54) is 0 Å². The third-order valence-corrected chi connectivity index (χ3v) is 2.09. The van der Waals surface area contributed by atoms with Crippen LogP contribution in [0.4, 0.5) is 10.5 Å². The van der Waals surface area contributed by atoms with Crippen LogP contribution in [-0.2, 0) is 4.74 Å². The molecule has 2 amide bonds. The predicted molar refractivity (Wildman–Crippen MR) is 69.7 cm³/mol. The third-order valence-electron chi connectivity index (χ3n) is 2.09. The molecule has 0 aliphatic carbocycles. The highest BCUT2D eigenvalue weighted by atomic mass is 16.5. The highest BCUT2D eigenvalue weighted by Crippen LogP contribution is 2.10. The zero-order valence-corrected chi connectivity index (χ0v) is 10.8. The van der Waals surface area contributed by atoms with Crippen molar-refractivity contribution in [1.82, 2.24) is 5.32 Å². The minimum Gasteiger partial charge on any atom is -0.450 e. The van der Waals surface area contributed by atoms with Gasteiger partial charge in [0.15, 0.2) is 0 Å². The molecule has 0 aromatic heterocycles. The summed E-state index contributed by atoms with van der Waals surface area (Å²) >= 11 is 0. The zero-order chi connectivity index (χ0) is 13.5. The molecule has 2 N–H and O–H groups in total. The molecule has 1 aromatic carbocycles. The Labute approximate surface area is 107 Å². The fraction of sp³-hybridized carbons (Fsp3) is 0.385. The van der Waals surface area contributed by atoms with Gasteiger partial charge < -0.3 is 10.1 Å². The lowest BCUT2D eigenvalue weighted by molar-refractivity contribution is 0.0943. The molecule has 0 saturated carbocycles. The number of hydrogen-bond acceptors (Lipinski definition) is 3. The van der Waals surface area contributed by atoms with Gasteiger partial charge in [-0.05, 0) is 45.0 Å². The van der Waals surface area contributed by atoms with Crippen LogP contribution in [0.1, 0.15) is 31.1 Å². The van der Waals surface area contributed by atoms with Crippen LogP contribution in [0.3, 0.4) is 0 Å². The maximum absolute atomic E-state index is 11.7. The molecule has 0 aliphatic rings. The number of amides is 2. The van der Waals surface area contributed by atoms with Gasteiger partial charge in [-0.2, -0.15) is 0 Å². The predicted octanol–water partition coefficient (Wildman–Crippen LogP) is 2.39. The summed E-state index contributed by atoms with van der Waals surface area (Å²) in [5, 5.41) is 5.35. The lowest BCUT2D eigenvalue weighted by Gasteiger charge is -2.09. The molecule has 0 aliphatic heterocycles. The maximum atomic E-state index is 11.7. The normalized spacial score (nSPS) is 10.0. The van der Waals surface area contributed by atoms with Gasteiger partial charge in [0.2, 0.25) is 0 Å². The summed E-state index contributed by atoms with van der Waals surface area (Å²) in [6.07, 6.45) is -0.503. The van der Waals surface area contributed by atoms with Gasteiger partial charge >= 0.3 is 6.09 Å². The van der Waals surface area contributed by atoms with E-state index in [9.17, 15) is 9.59 Å². The molecule has 0 saturated heterocycles. The Morgan fingerprint density at radius 3 is 2.33 bits per heavy atom. The molecular weight excluding hydrogens is 232 g/mol. The monoisotopic (exact) mass is 250 g/mol. The van der Waals surface area contributed by atoms with Crippen molar-refractivity contribution in [3.8, 4) is 0 Å². The molecule has 98 valence electrons. The molecule has 18 heavy (non-hydrogen) atoms. The van der Waals surface area contributed by atoms with Gasteiger partial charge in [0.1, 0.15) is 0 Å². The van der Waals surface area contributed by atoms with E-state index in [2.05, 4.69) is 10.6 Å². The standard InChI is InChI=1S/C13H18N2O3/c1-4-18-13(17)15-11-7-5-10(6-8-11)12(16)14-9(2)3/h5-9H,4H2,1-3H3,(H,14,16)(H,15,17). The van der Waals surface area contributed by atoms with Crippen LogP contribution in [0, 0.1) is 0 Å². The van der Waals surface area contributed by atoms with E-state index < -0.39 is 6.09 Å². The van der Waals surface area contributed by atoms with Crippen LogP contribution >= 0.6 is 0 Å². The largest absolute Gasteiger partial charge is 0.450 e. The fourth-order valence-corrected chi connectivity index (χ4v) is 1.34.